The molecule has 0 radical (unpaired) electrons. The molecular weight excluding hydrogens is 592 g/mol. The number of allylic oxidation sites excluding steroid dienone is 1. The van der Waals surface area contributed by atoms with Crippen LogP contribution in [0.4, 0.5) is 11.4 Å². The average molecular weight is 631 g/mol. The molecule has 0 saturated heterocycles. The van der Waals surface area contributed by atoms with Gasteiger partial charge in [-0.2, -0.15) is 8.42 Å². The smallest absolute Gasteiger partial charge is 0.266 e. The highest BCUT2D eigenvalue weighted by Crippen LogP contribution is 2.29. The molecule has 4 rings (SSSR count). The fourth-order valence-corrected chi connectivity index (χ4v) is 5.37. The Bertz CT molecular complexity index is 1710. The van der Waals surface area contributed by atoms with E-state index in [9.17, 15) is 13.2 Å². The van der Waals surface area contributed by atoms with Gasteiger partial charge in [-0.3, -0.25) is 9.35 Å². The summed E-state index contributed by atoms with van der Waals surface area (Å²) in [7, 11) is -4.03. The van der Waals surface area contributed by atoms with Crippen LogP contribution in [-0.2, 0) is 21.3 Å². The summed E-state index contributed by atoms with van der Waals surface area (Å²) in [5, 5.41) is 6.79. The van der Waals surface area contributed by atoms with E-state index in [0.717, 1.165) is 39.1 Å². The first kappa shape index (κ1) is 33.0. The fourth-order valence-electron chi connectivity index (χ4n) is 4.78. The molecule has 0 aliphatic carbocycles. The molecule has 0 aliphatic heterocycles. The van der Waals surface area contributed by atoms with Crippen LogP contribution in [0.3, 0.4) is 0 Å². The van der Waals surface area contributed by atoms with Gasteiger partial charge >= 0.3 is 0 Å². The van der Waals surface area contributed by atoms with Crippen molar-refractivity contribution in [2.75, 3.05) is 22.9 Å². The van der Waals surface area contributed by atoms with Crippen molar-refractivity contribution in [2.45, 2.75) is 40.0 Å². The van der Waals surface area contributed by atoms with E-state index in [1.165, 1.54) is 0 Å². The molecule has 0 fully saturated rings. The minimum absolute atomic E-state index is 0.0657. The summed E-state index contributed by atoms with van der Waals surface area (Å²) in [5.41, 5.74) is 7.62. The summed E-state index contributed by atoms with van der Waals surface area (Å²) >= 11 is 6.13. The number of carbonyl (C=O) groups excluding carboxylic acids is 1. The summed E-state index contributed by atoms with van der Waals surface area (Å²) in [6.45, 7) is 8.56. The molecular formula is C36H39ClN2O4S. The molecule has 1 amide bonds. The maximum absolute atomic E-state index is 13.8. The van der Waals surface area contributed by atoms with Gasteiger partial charge in [0.25, 0.3) is 10.1 Å². The second-order valence-electron chi connectivity index (χ2n) is 12.1. The number of benzene rings is 4. The Morgan fingerprint density at radius 3 is 2.14 bits per heavy atom. The molecule has 0 spiro atoms. The summed E-state index contributed by atoms with van der Waals surface area (Å²) in [5.74, 6) is -0.945. The van der Waals surface area contributed by atoms with E-state index in [2.05, 4.69) is 43.6 Å². The standard InChI is InChI=1S/C36H39ClN2O4S/c1-25-23-30(37)13-18-33(25)28-11-16-32(17-12-28)39-35(40)34(29-9-5-26(6-10-29)19-20-36(2,3)4)24-27-7-14-31(15-8-27)38-21-22-44(41,42)43/h5-20,23,34,38H,21-22,24H2,1-4H3,(H,39,40)(H,41,42,43)/b20-19+/t34-/m1/s1. The first-order chi connectivity index (χ1) is 20.8. The number of hydrogen-bond acceptors (Lipinski definition) is 4. The lowest BCUT2D eigenvalue weighted by Crippen LogP contribution is -2.23. The number of aryl methyl sites for hydroxylation is 1. The molecule has 44 heavy (non-hydrogen) atoms. The Balaban J connectivity index is 1.53. The summed E-state index contributed by atoms with van der Waals surface area (Å²) in [4.78, 5) is 13.8. The molecule has 4 aromatic carbocycles. The van der Waals surface area contributed by atoms with Crippen LogP contribution in [0.25, 0.3) is 17.2 Å². The first-order valence-corrected chi connectivity index (χ1v) is 16.5. The Morgan fingerprint density at radius 2 is 1.55 bits per heavy atom. The van der Waals surface area contributed by atoms with Crippen LogP contribution >= 0.6 is 11.6 Å². The Morgan fingerprint density at radius 1 is 0.909 bits per heavy atom. The van der Waals surface area contributed by atoms with Crippen molar-refractivity contribution in [1.29, 1.82) is 0 Å². The maximum Gasteiger partial charge on any atom is 0.266 e. The van der Waals surface area contributed by atoms with Gasteiger partial charge in [0.2, 0.25) is 5.91 Å². The van der Waals surface area contributed by atoms with Crippen LogP contribution in [-0.4, -0.2) is 31.2 Å². The van der Waals surface area contributed by atoms with E-state index in [-0.39, 0.29) is 23.6 Å². The van der Waals surface area contributed by atoms with Gasteiger partial charge < -0.3 is 10.6 Å². The van der Waals surface area contributed by atoms with Crippen LogP contribution < -0.4 is 10.6 Å². The third-order valence-corrected chi connectivity index (χ3v) is 8.12. The number of hydrogen-bond donors (Lipinski definition) is 3. The van der Waals surface area contributed by atoms with E-state index in [0.29, 0.717) is 17.1 Å². The molecule has 0 aromatic heterocycles. The molecule has 0 unspecified atom stereocenters. The molecule has 0 saturated carbocycles. The van der Waals surface area contributed by atoms with Gasteiger partial charge in [-0.15, -0.1) is 0 Å². The maximum atomic E-state index is 13.8. The van der Waals surface area contributed by atoms with Crippen molar-refractivity contribution in [3.63, 3.8) is 0 Å². The van der Waals surface area contributed by atoms with Crippen molar-refractivity contribution < 1.29 is 17.8 Å². The predicted octanol–water partition coefficient (Wildman–Crippen LogP) is 8.64. The van der Waals surface area contributed by atoms with Gasteiger partial charge in [0.15, 0.2) is 0 Å². The number of halogens is 1. The Hall–Kier alpha value is -3.91. The second kappa shape index (κ2) is 14.2. The van der Waals surface area contributed by atoms with E-state index in [4.69, 9.17) is 16.2 Å². The van der Waals surface area contributed by atoms with Crippen molar-refractivity contribution in [2.24, 2.45) is 5.41 Å². The summed E-state index contributed by atoms with van der Waals surface area (Å²) in [6.07, 6.45) is 4.72. The molecule has 4 aromatic rings. The predicted molar refractivity (Wildman–Crippen MR) is 183 cm³/mol. The van der Waals surface area contributed by atoms with Crippen molar-refractivity contribution in [3.05, 3.63) is 124 Å². The zero-order valence-corrected chi connectivity index (χ0v) is 27.0. The highest BCUT2D eigenvalue weighted by atomic mass is 35.5. The zero-order chi connectivity index (χ0) is 31.9. The van der Waals surface area contributed by atoms with Gasteiger partial charge in [-0.05, 0) is 88.5 Å². The van der Waals surface area contributed by atoms with Gasteiger partial charge in [0.05, 0.1) is 11.7 Å². The first-order valence-electron chi connectivity index (χ1n) is 14.5. The summed E-state index contributed by atoms with van der Waals surface area (Å²) < 4.78 is 31.0. The molecule has 230 valence electrons. The van der Waals surface area contributed by atoms with Crippen LogP contribution in [0, 0.1) is 12.3 Å². The minimum Gasteiger partial charge on any atom is -0.384 e. The monoisotopic (exact) mass is 630 g/mol. The quantitative estimate of drug-likeness (QED) is 0.144. The van der Waals surface area contributed by atoms with Gasteiger partial charge in [0, 0.05) is 22.9 Å². The number of anilines is 2. The largest absolute Gasteiger partial charge is 0.384 e. The lowest BCUT2D eigenvalue weighted by atomic mass is 9.90. The molecule has 8 heteroatoms. The molecule has 0 aliphatic rings. The van der Waals surface area contributed by atoms with Crippen molar-refractivity contribution in [3.8, 4) is 11.1 Å². The van der Waals surface area contributed by atoms with Gasteiger partial charge in [0.1, 0.15) is 0 Å². The molecule has 3 N–H and O–H groups in total. The number of nitrogens with one attached hydrogen (secondary N) is 2. The number of rotatable bonds is 11. The van der Waals surface area contributed by atoms with Gasteiger partial charge in [-0.1, -0.05) is 99.1 Å². The third-order valence-electron chi connectivity index (χ3n) is 7.17. The topological polar surface area (TPSA) is 95.5 Å². The van der Waals surface area contributed by atoms with Gasteiger partial charge in [-0.25, -0.2) is 0 Å². The van der Waals surface area contributed by atoms with Crippen LogP contribution in [0.15, 0.2) is 97.1 Å². The van der Waals surface area contributed by atoms with Crippen molar-refractivity contribution >= 4 is 45.1 Å². The minimum atomic E-state index is -4.03. The molecule has 0 bridgehead atoms. The average Bonchev–Trinajstić information content (AvgIpc) is 2.95. The normalized spacial score (nSPS) is 12.7. The van der Waals surface area contributed by atoms with Crippen molar-refractivity contribution in [1.82, 2.24) is 0 Å². The molecule has 1 atom stereocenters. The van der Waals surface area contributed by atoms with E-state index in [1.807, 2.05) is 97.9 Å². The lowest BCUT2D eigenvalue weighted by Gasteiger charge is -2.19. The van der Waals surface area contributed by atoms with E-state index < -0.39 is 16.0 Å². The third kappa shape index (κ3) is 10.1. The highest BCUT2D eigenvalue weighted by molar-refractivity contribution is 7.85. The Kier molecular flexibility index (Phi) is 10.7. The van der Waals surface area contributed by atoms with E-state index >= 15 is 0 Å². The zero-order valence-electron chi connectivity index (χ0n) is 25.5. The Labute approximate surface area is 265 Å². The van der Waals surface area contributed by atoms with Crippen LogP contribution in [0.1, 0.15) is 48.9 Å². The second-order valence-corrected chi connectivity index (χ2v) is 14.1. The number of amides is 1. The van der Waals surface area contributed by atoms with E-state index in [1.54, 1.807) is 0 Å². The van der Waals surface area contributed by atoms with Crippen LogP contribution in [0.2, 0.25) is 5.02 Å². The van der Waals surface area contributed by atoms with Crippen LogP contribution in [0.5, 0.6) is 0 Å². The fraction of sp³-hybridized carbons (Fsp3) is 0.250. The lowest BCUT2D eigenvalue weighted by molar-refractivity contribution is -0.117. The summed E-state index contributed by atoms with van der Waals surface area (Å²) in [6, 6.07) is 29.2. The number of carbonyl (C=O) groups is 1. The molecule has 6 nitrogen and oxygen atoms in total. The SMILES string of the molecule is Cc1cc(Cl)ccc1-c1ccc(NC(=O)[C@H](Cc2ccc(NCCS(=O)(=O)O)cc2)c2ccc(/C=C/C(C)(C)C)cc2)cc1. The highest BCUT2D eigenvalue weighted by Gasteiger charge is 2.22. The molecule has 0 heterocycles.